The Bertz CT molecular complexity index is 925. The minimum absolute atomic E-state index is 0.139. The van der Waals surface area contributed by atoms with E-state index in [0.717, 1.165) is 28.1 Å². The third-order valence-electron chi connectivity index (χ3n) is 3.70. The zero-order valence-electron chi connectivity index (χ0n) is 14.8. The van der Waals surface area contributed by atoms with Crippen molar-refractivity contribution in [2.75, 3.05) is 17.7 Å². The molecule has 0 saturated carbocycles. The number of anilines is 1. The van der Waals surface area contributed by atoms with Crippen LogP contribution in [0.4, 0.5) is 5.69 Å². The molecule has 0 unspecified atom stereocenters. The number of rotatable bonds is 8. The second-order valence-electron chi connectivity index (χ2n) is 5.72. The van der Waals surface area contributed by atoms with Gasteiger partial charge in [0.25, 0.3) is 0 Å². The highest BCUT2D eigenvalue weighted by atomic mass is 32.2. The molecule has 0 spiro atoms. The second-order valence-corrected chi connectivity index (χ2v) is 7.58. The topological polar surface area (TPSA) is 81.2 Å². The van der Waals surface area contributed by atoms with Crippen LogP contribution in [0.3, 0.4) is 0 Å². The summed E-state index contributed by atoms with van der Waals surface area (Å²) < 4.78 is 5.16. The van der Waals surface area contributed by atoms with Crippen LogP contribution in [0.2, 0.25) is 0 Å². The van der Waals surface area contributed by atoms with E-state index in [2.05, 4.69) is 15.3 Å². The zero-order valence-corrected chi connectivity index (χ0v) is 16.4. The molecule has 0 bridgehead atoms. The van der Waals surface area contributed by atoms with Gasteiger partial charge >= 0.3 is 5.97 Å². The van der Waals surface area contributed by atoms with Crippen LogP contribution >= 0.6 is 23.1 Å². The quantitative estimate of drug-likeness (QED) is 0.261. The molecular formula is C19H19N3O3S2. The third kappa shape index (κ3) is 5.27. The first-order chi connectivity index (χ1) is 13.2. The van der Waals surface area contributed by atoms with Crippen molar-refractivity contribution in [3.63, 3.8) is 0 Å². The van der Waals surface area contributed by atoms with Gasteiger partial charge in [0.1, 0.15) is 16.2 Å². The molecule has 0 radical (unpaired) electrons. The third-order valence-corrected chi connectivity index (χ3v) is 5.53. The Hall–Kier alpha value is -2.45. The average molecular weight is 402 g/mol. The lowest BCUT2D eigenvalue weighted by Gasteiger charge is -2.07. The molecule has 2 aromatic heterocycles. The molecule has 3 rings (SSSR count). The summed E-state index contributed by atoms with van der Waals surface area (Å²) in [5.41, 5.74) is 1.10. The van der Waals surface area contributed by atoms with Gasteiger partial charge in [0.2, 0.25) is 5.91 Å². The number of aromatic nitrogens is 2. The van der Waals surface area contributed by atoms with Crippen LogP contribution in [0.25, 0.3) is 10.2 Å². The molecule has 3 aromatic rings. The van der Waals surface area contributed by atoms with Crippen molar-refractivity contribution in [3.8, 4) is 0 Å². The van der Waals surface area contributed by atoms with Crippen molar-refractivity contribution in [3.05, 3.63) is 47.6 Å². The fourth-order valence-electron chi connectivity index (χ4n) is 2.30. The first-order valence-corrected chi connectivity index (χ1v) is 10.4. The highest BCUT2D eigenvalue weighted by molar-refractivity contribution is 8.00. The smallest absolute Gasteiger partial charge is 0.338 e. The van der Waals surface area contributed by atoms with Gasteiger partial charge in [-0.3, -0.25) is 4.79 Å². The largest absolute Gasteiger partial charge is 0.462 e. The summed E-state index contributed by atoms with van der Waals surface area (Å²) >= 11 is 2.92. The predicted octanol–water partition coefficient (Wildman–Crippen LogP) is 4.38. The number of thiophene rings is 1. The van der Waals surface area contributed by atoms with E-state index in [1.807, 2.05) is 18.4 Å². The van der Waals surface area contributed by atoms with Gasteiger partial charge in [-0.15, -0.1) is 11.3 Å². The van der Waals surface area contributed by atoms with Gasteiger partial charge in [-0.1, -0.05) is 25.1 Å². The van der Waals surface area contributed by atoms with E-state index in [1.54, 1.807) is 35.6 Å². The van der Waals surface area contributed by atoms with E-state index >= 15 is 0 Å². The average Bonchev–Trinajstić information content (AvgIpc) is 3.16. The first-order valence-electron chi connectivity index (χ1n) is 8.55. The summed E-state index contributed by atoms with van der Waals surface area (Å²) in [4.78, 5) is 33.4. The summed E-state index contributed by atoms with van der Waals surface area (Å²) in [5.74, 6) is -0.247. The standard InChI is InChI=1S/C19H19N3O3S2/c1-2-3-9-25-19(24)13-4-6-14(7-5-13)22-16(23)11-27-18-15-8-10-26-17(15)20-12-21-18/h4-8,10,12H,2-3,9,11H2,1H3,(H,22,23). The molecule has 140 valence electrons. The number of ether oxygens (including phenoxy) is 1. The normalized spacial score (nSPS) is 10.7. The molecule has 0 aliphatic carbocycles. The van der Waals surface area contributed by atoms with Crippen LogP contribution in [0.15, 0.2) is 47.1 Å². The number of carbonyl (C=O) groups excluding carboxylic acids is 2. The minimum Gasteiger partial charge on any atom is -0.462 e. The number of hydrogen-bond acceptors (Lipinski definition) is 7. The molecule has 0 aliphatic rings. The van der Waals surface area contributed by atoms with E-state index in [1.165, 1.54) is 18.1 Å². The zero-order chi connectivity index (χ0) is 19.1. The van der Waals surface area contributed by atoms with Crippen LogP contribution in [0.1, 0.15) is 30.1 Å². The number of nitrogens with zero attached hydrogens (tertiary/aromatic N) is 2. The monoisotopic (exact) mass is 401 g/mol. The molecule has 1 amide bonds. The Morgan fingerprint density at radius 2 is 2.00 bits per heavy atom. The van der Waals surface area contributed by atoms with Crippen molar-refractivity contribution in [1.82, 2.24) is 9.97 Å². The predicted molar refractivity (Wildman–Crippen MR) is 108 cm³/mol. The molecule has 0 fully saturated rings. The molecule has 0 saturated heterocycles. The lowest BCUT2D eigenvalue weighted by molar-refractivity contribution is -0.113. The summed E-state index contributed by atoms with van der Waals surface area (Å²) in [6.45, 7) is 2.46. The van der Waals surface area contributed by atoms with Crippen LogP contribution in [0, 0.1) is 0 Å². The highest BCUT2D eigenvalue weighted by Crippen LogP contribution is 2.27. The molecule has 1 aromatic carbocycles. The van der Waals surface area contributed by atoms with E-state index in [9.17, 15) is 9.59 Å². The molecule has 2 heterocycles. The van der Waals surface area contributed by atoms with Crippen LogP contribution < -0.4 is 5.32 Å². The second kappa shape index (κ2) is 9.48. The SMILES string of the molecule is CCCCOC(=O)c1ccc(NC(=O)CSc2ncnc3sccc23)cc1. The number of benzene rings is 1. The Kier molecular flexibility index (Phi) is 6.78. The lowest BCUT2D eigenvalue weighted by atomic mass is 10.2. The molecule has 27 heavy (non-hydrogen) atoms. The van der Waals surface area contributed by atoms with Crippen molar-refractivity contribution < 1.29 is 14.3 Å². The Morgan fingerprint density at radius 1 is 1.19 bits per heavy atom. The van der Waals surface area contributed by atoms with Crippen molar-refractivity contribution in [2.45, 2.75) is 24.8 Å². The Labute approximate surface area is 165 Å². The first kappa shape index (κ1) is 19.3. The number of amides is 1. The van der Waals surface area contributed by atoms with Crippen LogP contribution in [0.5, 0.6) is 0 Å². The van der Waals surface area contributed by atoms with E-state index in [4.69, 9.17) is 4.74 Å². The Morgan fingerprint density at radius 3 is 2.78 bits per heavy atom. The maximum Gasteiger partial charge on any atom is 0.338 e. The number of hydrogen-bond donors (Lipinski definition) is 1. The number of fused-ring (bicyclic) bond motifs is 1. The van der Waals surface area contributed by atoms with Crippen molar-refractivity contribution in [1.29, 1.82) is 0 Å². The number of nitrogens with one attached hydrogen (secondary N) is 1. The van der Waals surface area contributed by atoms with Crippen molar-refractivity contribution in [2.24, 2.45) is 0 Å². The summed E-state index contributed by atoms with van der Waals surface area (Å²) in [7, 11) is 0. The fraction of sp³-hybridized carbons (Fsp3) is 0.263. The van der Waals surface area contributed by atoms with E-state index in [-0.39, 0.29) is 17.6 Å². The lowest BCUT2D eigenvalue weighted by Crippen LogP contribution is -2.14. The molecular weight excluding hydrogens is 382 g/mol. The van der Waals surface area contributed by atoms with Gasteiger partial charge < -0.3 is 10.1 Å². The summed E-state index contributed by atoms with van der Waals surface area (Å²) in [5, 5.41) is 6.53. The van der Waals surface area contributed by atoms with Gasteiger partial charge in [-0.2, -0.15) is 0 Å². The molecule has 0 aliphatic heterocycles. The number of unbranched alkanes of at least 4 members (excludes halogenated alkanes) is 1. The van der Waals surface area contributed by atoms with Gasteiger partial charge in [0.05, 0.1) is 17.9 Å². The van der Waals surface area contributed by atoms with Crippen molar-refractivity contribution >= 4 is 50.9 Å². The van der Waals surface area contributed by atoms with Crippen LogP contribution in [-0.4, -0.2) is 34.2 Å². The highest BCUT2D eigenvalue weighted by Gasteiger charge is 2.10. The van der Waals surface area contributed by atoms with E-state index in [0.29, 0.717) is 17.9 Å². The molecule has 6 nitrogen and oxygen atoms in total. The maximum absolute atomic E-state index is 12.2. The molecule has 1 N–H and O–H groups in total. The number of carbonyl (C=O) groups is 2. The minimum atomic E-state index is -0.347. The van der Waals surface area contributed by atoms with Gasteiger partial charge in [-0.25, -0.2) is 14.8 Å². The number of thioether (sulfide) groups is 1. The number of esters is 1. The van der Waals surface area contributed by atoms with Gasteiger partial charge in [0, 0.05) is 11.1 Å². The molecule has 0 atom stereocenters. The maximum atomic E-state index is 12.2. The molecule has 8 heteroatoms. The fourth-order valence-corrected chi connectivity index (χ4v) is 3.87. The summed E-state index contributed by atoms with van der Waals surface area (Å²) in [6, 6.07) is 8.65. The Balaban J connectivity index is 1.52. The van der Waals surface area contributed by atoms with E-state index < -0.39 is 0 Å². The van der Waals surface area contributed by atoms with Gasteiger partial charge in [0.15, 0.2) is 0 Å². The van der Waals surface area contributed by atoms with Crippen LogP contribution in [-0.2, 0) is 9.53 Å². The summed E-state index contributed by atoms with van der Waals surface area (Å²) in [6.07, 6.45) is 3.34. The van der Waals surface area contributed by atoms with Gasteiger partial charge in [-0.05, 0) is 42.1 Å².